The molecule has 1 aromatic heterocycles. The van der Waals surface area contributed by atoms with Crippen LogP contribution in [0.2, 0.25) is 0 Å². The number of amides is 1. The van der Waals surface area contributed by atoms with Gasteiger partial charge in [-0.15, -0.1) is 0 Å². The Kier molecular flexibility index (Phi) is 4.93. The summed E-state index contributed by atoms with van der Waals surface area (Å²) in [6.07, 6.45) is 1.55. The van der Waals surface area contributed by atoms with E-state index in [0.29, 0.717) is 36.6 Å². The molecule has 0 saturated heterocycles. The number of carbonyl (C=O) groups is 1. The SMILES string of the molecule is CCn1nc(C)c(N)c1C(=O)NCCCS(C)(=O)=O. The zero-order valence-corrected chi connectivity index (χ0v) is 12.2. The van der Waals surface area contributed by atoms with Gasteiger partial charge in [-0.3, -0.25) is 9.48 Å². The zero-order chi connectivity index (χ0) is 14.6. The van der Waals surface area contributed by atoms with Gasteiger partial charge in [0.05, 0.1) is 17.1 Å². The minimum Gasteiger partial charge on any atom is -0.395 e. The van der Waals surface area contributed by atoms with Crippen LogP contribution >= 0.6 is 0 Å². The van der Waals surface area contributed by atoms with Crippen LogP contribution < -0.4 is 11.1 Å². The summed E-state index contributed by atoms with van der Waals surface area (Å²) in [6.45, 7) is 4.44. The van der Waals surface area contributed by atoms with Crippen LogP contribution in [0.25, 0.3) is 0 Å². The number of rotatable bonds is 6. The first-order valence-corrected chi connectivity index (χ1v) is 8.11. The second-order valence-corrected chi connectivity index (χ2v) is 6.66. The number of sulfone groups is 1. The van der Waals surface area contributed by atoms with Crippen molar-refractivity contribution in [2.45, 2.75) is 26.8 Å². The average Bonchev–Trinajstić information content (AvgIpc) is 2.59. The Morgan fingerprint density at radius 3 is 2.63 bits per heavy atom. The molecule has 1 aromatic rings. The molecule has 3 N–H and O–H groups in total. The summed E-state index contributed by atoms with van der Waals surface area (Å²) < 4.78 is 23.5. The minimum absolute atomic E-state index is 0.0504. The highest BCUT2D eigenvalue weighted by atomic mass is 32.2. The Balaban J connectivity index is 2.64. The Hall–Kier alpha value is -1.57. The minimum atomic E-state index is -3.00. The van der Waals surface area contributed by atoms with Gasteiger partial charge in [0.15, 0.2) is 0 Å². The highest BCUT2D eigenvalue weighted by Crippen LogP contribution is 2.15. The highest BCUT2D eigenvalue weighted by molar-refractivity contribution is 7.90. The number of hydrogen-bond acceptors (Lipinski definition) is 5. The van der Waals surface area contributed by atoms with Crippen molar-refractivity contribution >= 4 is 21.4 Å². The molecule has 19 heavy (non-hydrogen) atoms. The van der Waals surface area contributed by atoms with E-state index in [4.69, 9.17) is 5.73 Å². The van der Waals surface area contributed by atoms with Crippen LogP contribution in [0.4, 0.5) is 5.69 Å². The third kappa shape index (κ3) is 4.23. The molecule has 0 radical (unpaired) electrons. The lowest BCUT2D eigenvalue weighted by atomic mass is 10.3. The van der Waals surface area contributed by atoms with Crippen molar-refractivity contribution in [2.24, 2.45) is 0 Å². The number of nitrogens with two attached hydrogens (primary N) is 1. The van der Waals surface area contributed by atoms with Crippen molar-refractivity contribution in [3.05, 3.63) is 11.4 Å². The fourth-order valence-corrected chi connectivity index (χ4v) is 2.35. The van der Waals surface area contributed by atoms with Gasteiger partial charge in [0.25, 0.3) is 5.91 Å². The predicted molar refractivity (Wildman–Crippen MR) is 73.7 cm³/mol. The van der Waals surface area contributed by atoms with Gasteiger partial charge in [-0.1, -0.05) is 0 Å². The Bertz CT molecular complexity index is 563. The second kappa shape index (κ2) is 6.05. The van der Waals surface area contributed by atoms with Crippen molar-refractivity contribution in [1.82, 2.24) is 15.1 Å². The molecule has 1 amide bonds. The van der Waals surface area contributed by atoms with Gasteiger partial charge < -0.3 is 11.1 Å². The van der Waals surface area contributed by atoms with E-state index in [2.05, 4.69) is 10.4 Å². The molecule has 8 heteroatoms. The summed E-state index contributed by atoms with van der Waals surface area (Å²) in [4.78, 5) is 12.0. The average molecular weight is 288 g/mol. The fraction of sp³-hybridized carbons (Fsp3) is 0.636. The second-order valence-electron chi connectivity index (χ2n) is 4.40. The van der Waals surface area contributed by atoms with Gasteiger partial charge in [0.2, 0.25) is 0 Å². The lowest BCUT2D eigenvalue weighted by molar-refractivity contribution is 0.0944. The highest BCUT2D eigenvalue weighted by Gasteiger charge is 2.18. The maximum atomic E-state index is 12.0. The lowest BCUT2D eigenvalue weighted by Crippen LogP contribution is -2.28. The Labute approximate surface area is 113 Å². The van der Waals surface area contributed by atoms with Crippen LogP contribution in [0.3, 0.4) is 0 Å². The summed E-state index contributed by atoms with van der Waals surface area (Å²) in [5, 5.41) is 6.81. The maximum absolute atomic E-state index is 12.0. The third-order valence-electron chi connectivity index (χ3n) is 2.67. The van der Waals surface area contributed by atoms with E-state index >= 15 is 0 Å². The molecular weight excluding hydrogens is 268 g/mol. The van der Waals surface area contributed by atoms with Crippen molar-refractivity contribution in [2.75, 3.05) is 24.3 Å². The summed E-state index contributed by atoms with van der Waals surface area (Å²) in [6, 6.07) is 0. The normalized spacial score (nSPS) is 11.5. The lowest BCUT2D eigenvalue weighted by Gasteiger charge is -2.07. The largest absolute Gasteiger partial charge is 0.395 e. The number of nitrogens with zero attached hydrogens (tertiary/aromatic N) is 2. The molecular formula is C11H20N4O3S. The fourth-order valence-electron chi connectivity index (χ4n) is 1.68. The van der Waals surface area contributed by atoms with Crippen LogP contribution in [0.1, 0.15) is 29.5 Å². The van der Waals surface area contributed by atoms with Gasteiger partial charge >= 0.3 is 0 Å². The molecule has 0 fully saturated rings. The van der Waals surface area contributed by atoms with Crippen LogP contribution in [-0.4, -0.2) is 42.7 Å². The summed E-state index contributed by atoms with van der Waals surface area (Å²) in [5.41, 5.74) is 7.12. The monoisotopic (exact) mass is 288 g/mol. The standard InChI is InChI=1S/C11H20N4O3S/c1-4-15-10(9(12)8(2)14-15)11(16)13-6-5-7-19(3,17)18/h4-7,12H2,1-3H3,(H,13,16). The molecule has 7 nitrogen and oxygen atoms in total. The molecule has 0 aliphatic rings. The molecule has 0 saturated carbocycles. The number of nitrogen functional groups attached to an aromatic ring is 1. The summed E-state index contributed by atoms with van der Waals surface area (Å²) in [5.74, 6) is -0.275. The van der Waals surface area contributed by atoms with E-state index in [1.54, 1.807) is 6.92 Å². The van der Waals surface area contributed by atoms with E-state index in [1.165, 1.54) is 10.9 Å². The molecule has 0 aromatic carbocycles. The van der Waals surface area contributed by atoms with Crippen LogP contribution in [0.15, 0.2) is 0 Å². The quantitative estimate of drug-likeness (QED) is 0.714. The number of nitrogens with one attached hydrogen (secondary N) is 1. The van der Waals surface area contributed by atoms with Crippen LogP contribution in [-0.2, 0) is 16.4 Å². The first-order chi connectivity index (χ1) is 8.76. The van der Waals surface area contributed by atoms with E-state index < -0.39 is 9.84 Å². The van der Waals surface area contributed by atoms with Crippen LogP contribution in [0.5, 0.6) is 0 Å². The number of aromatic nitrogens is 2. The van der Waals surface area contributed by atoms with Gasteiger partial charge in [-0.2, -0.15) is 5.10 Å². The first-order valence-electron chi connectivity index (χ1n) is 6.05. The molecule has 1 rings (SSSR count). The van der Waals surface area contributed by atoms with E-state index in [1.807, 2.05) is 6.92 Å². The van der Waals surface area contributed by atoms with Gasteiger partial charge in [-0.25, -0.2) is 8.42 Å². The number of carbonyl (C=O) groups excluding carboxylic acids is 1. The van der Waals surface area contributed by atoms with Crippen LogP contribution in [0, 0.1) is 6.92 Å². The van der Waals surface area contributed by atoms with Crippen molar-refractivity contribution in [1.29, 1.82) is 0 Å². The van der Waals surface area contributed by atoms with Crippen molar-refractivity contribution in [3.8, 4) is 0 Å². The number of anilines is 1. The topological polar surface area (TPSA) is 107 Å². The molecule has 108 valence electrons. The molecule has 1 heterocycles. The van der Waals surface area contributed by atoms with Gasteiger partial charge in [0.1, 0.15) is 15.5 Å². The molecule has 0 aliphatic carbocycles. The number of hydrogen-bond donors (Lipinski definition) is 2. The predicted octanol–water partition coefficient (Wildman–Crippen LogP) is -0.0419. The van der Waals surface area contributed by atoms with Crippen molar-refractivity contribution in [3.63, 3.8) is 0 Å². The van der Waals surface area contributed by atoms with E-state index in [-0.39, 0.29) is 11.7 Å². The molecule has 0 spiro atoms. The van der Waals surface area contributed by atoms with Gasteiger partial charge in [0, 0.05) is 19.3 Å². The van der Waals surface area contributed by atoms with Crippen molar-refractivity contribution < 1.29 is 13.2 Å². The smallest absolute Gasteiger partial charge is 0.271 e. The first kappa shape index (κ1) is 15.5. The summed E-state index contributed by atoms with van der Waals surface area (Å²) in [7, 11) is -3.00. The molecule has 0 aliphatic heterocycles. The third-order valence-corrected chi connectivity index (χ3v) is 3.70. The molecule has 0 atom stereocenters. The van der Waals surface area contributed by atoms with E-state index in [9.17, 15) is 13.2 Å². The van der Waals surface area contributed by atoms with E-state index in [0.717, 1.165) is 0 Å². The van der Waals surface area contributed by atoms with Gasteiger partial charge in [-0.05, 0) is 20.3 Å². The zero-order valence-electron chi connectivity index (χ0n) is 11.4. The summed E-state index contributed by atoms with van der Waals surface area (Å²) >= 11 is 0. The molecule has 0 unspecified atom stereocenters. The number of aryl methyl sites for hydroxylation is 2. The Morgan fingerprint density at radius 2 is 2.11 bits per heavy atom. The maximum Gasteiger partial charge on any atom is 0.271 e. The molecule has 0 bridgehead atoms. The Morgan fingerprint density at radius 1 is 1.47 bits per heavy atom.